The molecule has 1 heterocycles. The van der Waals surface area contributed by atoms with Crippen molar-refractivity contribution >= 4 is 23.0 Å². The lowest BCUT2D eigenvalue weighted by atomic mass is 9.90. The molecular formula is C22H28N4O. The van der Waals surface area contributed by atoms with Gasteiger partial charge in [-0.1, -0.05) is 25.0 Å². The van der Waals surface area contributed by atoms with E-state index in [0.29, 0.717) is 12.6 Å². The fraction of sp³-hybridized carbons (Fsp3) is 0.409. The summed E-state index contributed by atoms with van der Waals surface area (Å²) in [6.07, 6.45) is 5.44. The maximum absolute atomic E-state index is 12.5. The summed E-state index contributed by atoms with van der Waals surface area (Å²) in [5.41, 5.74) is 12.2. The van der Waals surface area contributed by atoms with Crippen LogP contribution in [0.3, 0.4) is 0 Å². The van der Waals surface area contributed by atoms with Crippen molar-refractivity contribution in [1.29, 1.82) is 0 Å². The van der Waals surface area contributed by atoms with Gasteiger partial charge in [0.05, 0.1) is 11.3 Å². The number of carbonyl (C=O) groups excluding carboxylic acids is 1. The molecule has 5 N–H and O–H groups in total. The maximum atomic E-state index is 12.5. The highest BCUT2D eigenvalue weighted by molar-refractivity contribution is 6.03. The van der Waals surface area contributed by atoms with Crippen LogP contribution >= 0.6 is 0 Å². The van der Waals surface area contributed by atoms with Crippen LogP contribution in [0.5, 0.6) is 0 Å². The van der Waals surface area contributed by atoms with E-state index >= 15 is 0 Å². The molecule has 0 saturated heterocycles. The molecule has 1 aliphatic heterocycles. The molecule has 2 aliphatic rings. The average molecular weight is 364 g/mol. The van der Waals surface area contributed by atoms with Crippen molar-refractivity contribution in [3.05, 3.63) is 53.1 Å². The number of aryl methyl sites for hydroxylation is 1. The summed E-state index contributed by atoms with van der Waals surface area (Å²) in [6.45, 7) is 2.75. The number of carbonyl (C=O) groups is 1. The topological polar surface area (TPSA) is 79.2 Å². The fourth-order valence-electron chi connectivity index (χ4n) is 4.18. The van der Waals surface area contributed by atoms with Gasteiger partial charge in [-0.05, 0) is 61.6 Å². The van der Waals surface area contributed by atoms with Crippen molar-refractivity contribution in [2.45, 2.75) is 51.1 Å². The first kappa shape index (κ1) is 17.9. The third-order valence-electron chi connectivity index (χ3n) is 5.60. The van der Waals surface area contributed by atoms with E-state index in [1.807, 2.05) is 18.2 Å². The standard InChI is InChI=1S/C22H28N4O/c1-14-5-4-6-16(11-14)25-20-13-17(26-19-8-3-2-7-18(19)23)12-15-9-10-24-22(27)21(15)20/h4-6,11-13,18-19,25-26H,2-3,7-10,23H2,1H3,(H,24,27). The second-order valence-corrected chi connectivity index (χ2v) is 7.76. The lowest BCUT2D eigenvalue weighted by Gasteiger charge is -2.31. The summed E-state index contributed by atoms with van der Waals surface area (Å²) in [6, 6.07) is 12.8. The minimum absolute atomic E-state index is 0.00711. The van der Waals surface area contributed by atoms with Crippen LogP contribution in [0.4, 0.5) is 17.1 Å². The SMILES string of the molecule is Cc1cccc(Nc2cc(NC3CCCCC3N)cc3c2C(=O)NCC3)c1. The van der Waals surface area contributed by atoms with Crippen molar-refractivity contribution < 1.29 is 4.79 Å². The van der Waals surface area contributed by atoms with Crippen LogP contribution in [0.15, 0.2) is 36.4 Å². The molecule has 5 nitrogen and oxygen atoms in total. The highest BCUT2D eigenvalue weighted by Crippen LogP contribution is 2.32. The Morgan fingerprint density at radius 1 is 1.11 bits per heavy atom. The van der Waals surface area contributed by atoms with E-state index in [1.165, 1.54) is 18.4 Å². The number of rotatable bonds is 4. The predicted octanol–water partition coefficient (Wildman–Crippen LogP) is 3.71. The Bertz CT molecular complexity index is 848. The molecule has 4 rings (SSSR count). The monoisotopic (exact) mass is 364 g/mol. The Labute approximate surface area is 160 Å². The van der Waals surface area contributed by atoms with Gasteiger partial charge in [-0.15, -0.1) is 0 Å². The smallest absolute Gasteiger partial charge is 0.253 e. The highest BCUT2D eigenvalue weighted by Gasteiger charge is 2.25. The number of nitrogens with two attached hydrogens (primary N) is 1. The summed E-state index contributed by atoms with van der Waals surface area (Å²) in [4.78, 5) is 12.5. The minimum Gasteiger partial charge on any atom is -0.381 e. The molecule has 0 bridgehead atoms. The molecule has 1 fully saturated rings. The Morgan fingerprint density at radius 3 is 2.78 bits per heavy atom. The normalized spacial score (nSPS) is 21.9. The number of anilines is 3. The van der Waals surface area contributed by atoms with Gasteiger partial charge in [0.1, 0.15) is 0 Å². The number of benzene rings is 2. The van der Waals surface area contributed by atoms with Crippen LogP contribution in [0.1, 0.15) is 47.2 Å². The molecule has 2 aromatic carbocycles. The number of hydrogen-bond acceptors (Lipinski definition) is 4. The molecule has 1 aliphatic carbocycles. The molecule has 2 atom stereocenters. The number of fused-ring (bicyclic) bond motifs is 1. The molecule has 2 aromatic rings. The van der Waals surface area contributed by atoms with Crippen LogP contribution in [0.2, 0.25) is 0 Å². The average Bonchev–Trinajstić information content (AvgIpc) is 2.64. The molecule has 0 aromatic heterocycles. The lowest BCUT2D eigenvalue weighted by Crippen LogP contribution is -2.42. The van der Waals surface area contributed by atoms with Crippen LogP contribution in [-0.2, 0) is 6.42 Å². The molecule has 0 radical (unpaired) electrons. The Kier molecular flexibility index (Phi) is 5.03. The zero-order valence-corrected chi connectivity index (χ0v) is 15.8. The Balaban J connectivity index is 1.68. The molecule has 142 valence electrons. The van der Waals surface area contributed by atoms with Gasteiger partial charge < -0.3 is 21.7 Å². The van der Waals surface area contributed by atoms with E-state index in [4.69, 9.17) is 5.73 Å². The summed E-state index contributed by atoms with van der Waals surface area (Å²) in [5, 5.41) is 10.1. The van der Waals surface area contributed by atoms with Crippen LogP contribution in [0.25, 0.3) is 0 Å². The second-order valence-electron chi connectivity index (χ2n) is 7.76. The van der Waals surface area contributed by atoms with Gasteiger partial charge in [0.15, 0.2) is 0 Å². The van der Waals surface area contributed by atoms with Crippen molar-refractivity contribution in [1.82, 2.24) is 5.32 Å². The highest BCUT2D eigenvalue weighted by atomic mass is 16.1. The van der Waals surface area contributed by atoms with Gasteiger partial charge in [0.2, 0.25) is 0 Å². The number of amides is 1. The van der Waals surface area contributed by atoms with E-state index in [0.717, 1.165) is 47.5 Å². The quantitative estimate of drug-likeness (QED) is 0.667. The Hall–Kier alpha value is -2.53. The molecule has 0 spiro atoms. The Morgan fingerprint density at radius 2 is 1.96 bits per heavy atom. The van der Waals surface area contributed by atoms with E-state index in [2.05, 4.69) is 41.1 Å². The van der Waals surface area contributed by atoms with Gasteiger partial charge in [-0.2, -0.15) is 0 Å². The summed E-state index contributed by atoms with van der Waals surface area (Å²) < 4.78 is 0. The molecule has 1 amide bonds. The van der Waals surface area contributed by atoms with Gasteiger partial charge in [0, 0.05) is 30.0 Å². The predicted molar refractivity (Wildman–Crippen MR) is 111 cm³/mol. The van der Waals surface area contributed by atoms with Gasteiger partial charge in [-0.25, -0.2) is 0 Å². The van der Waals surface area contributed by atoms with E-state index in [-0.39, 0.29) is 11.9 Å². The molecule has 2 unspecified atom stereocenters. The number of nitrogens with one attached hydrogen (secondary N) is 3. The van der Waals surface area contributed by atoms with E-state index < -0.39 is 0 Å². The second kappa shape index (κ2) is 7.61. The summed E-state index contributed by atoms with van der Waals surface area (Å²) in [5.74, 6) is -0.00711. The van der Waals surface area contributed by atoms with Gasteiger partial charge in [0.25, 0.3) is 5.91 Å². The van der Waals surface area contributed by atoms with Gasteiger partial charge in [-0.3, -0.25) is 4.79 Å². The van der Waals surface area contributed by atoms with E-state index in [9.17, 15) is 4.79 Å². The summed E-state index contributed by atoms with van der Waals surface area (Å²) >= 11 is 0. The zero-order valence-electron chi connectivity index (χ0n) is 15.8. The first-order valence-electron chi connectivity index (χ1n) is 9.91. The number of hydrogen-bond donors (Lipinski definition) is 4. The van der Waals surface area contributed by atoms with Crippen molar-refractivity contribution in [2.75, 3.05) is 17.2 Å². The molecular weight excluding hydrogens is 336 g/mol. The largest absolute Gasteiger partial charge is 0.381 e. The first-order valence-corrected chi connectivity index (χ1v) is 9.91. The lowest BCUT2D eigenvalue weighted by molar-refractivity contribution is 0.0947. The van der Waals surface area contributed by atoms with Crippen LogP contribution in [-0.4, -0.2) is 24.5 Å². The third-order valence-corrected chi connectivity index (χ3v) is 5.60. The zero-order chi connectivity index (χ0) is 18.8. The van der Waals surface area contributed by atoms with E-state index in [1.54, 1.807) is 0 Å². The van der Waals surface area contributed by atoms with Gasteiger partial charge >= 0.3 is 0 Å². The fourth-order valence-corrected chi connectivity index (χ4v) is 4.18. The van der Waals surface area contributed by atoms with Crippen molar-refractivity contribution in [3.63, 3.8) is 0 Å². The van der Waals surface area contributed by atoms with Crippen molar-refractivity contribution in [2.24, 2.45) is 5.73 Å². The molecule has 27 heavy (non-hydrogen) atoms. The molecule has 1 saturated carbocycles. The van der Waals surface area contributed by atoms with Crippen LogP contribution in [0, 0.1) is 6.92 Å². The maximum Gasteiger partial charge on any atom is 0.253 e. The third kappa shape index (κ3) is 3.93. The summed E-state index contributed by atoms with van der Waals surface area (Å²) in [7, 11) is 0. The first-order chi connectivity index (χ1) is 13.1. The molecule has 5 heteroatoms. The minimum atomic E-state index is -0.00711. The van der Waals surface area contributed by atoms with Crippen molar-refractivity contribution in [3.8, 4) is 0 Å². The van der Waals surface area contributed by atoms with Crippen LogP contribution < -0.4 is 21.7 Å².